The highest BCUT2D eigenvalue weighted by Gasteiger charge is 2.19. The van der Waals surface area contributed by atoms with Crippen LogP contribution in [0.3, 0.4) is 0 Å². The lowest BCUT2D eigenvalue weighted by atomic mass is 10.1. The lowest BCUT2D eigenvalue weighted by Gasteiger charge is -2.18. The van der Waals surface area contributed by atoms with Gasteiger partial charge >= 0.3 is 5.69 Å². The number of halogens is 1. The molecule has 0 atom stereocenters. The van der Waals surface area contributed by atoms with Crippen LogP contribution < -0.4 is 11.2 Å². The van der Waals surface area contributed by atoms with Gasteiger partial charge in [-0.2, -0.15) is 4.98 Å². The number of rotatable bonds is 1. The van der Waals surface area contributed by atoms with Gasteiger partial charge < -0.3 is 0 Å². The van der Waals surface area contributed by atoms with Crippen molar-refractivity contribution in [2.45, 2.75) is 6.92 Å². The first-order chi connectivity index (χ1) is 11.5. The van der Waals surface area contributed by atoms with E-state index in [0.717, 1.165) is 16.6 Å². The van der Waals surface area contributed by atoms with Gasteiger partial charge in [0, 0.05) is 11.1 Å². The molecule has 2 aliphatic heterocycles. The van der Waals surface area contributed by atoms with E-state index < -0.39 is 11.2 Å². The van der Waals surface area contributed by atoms with E-state index in [1.807, 2.05) is 43.3 Å². The Kier molecular flexibility index (Phi) is 3.25. The average Bonchev–Trinajstić information content (AvgIpc) is 2.54. The number of pyridine rings is 1. The third-order valence-corrected chi connectivity index (χ3v) is 4.23. The van der Waals surface area contributed by atoms with Gasteiger partial charge in [-0.3, -0.25) is 14.3 Å². The molecule has 0 bridgehead atoms. The van der Waals surface area contributed by atoms with Crippen molar-refractivity contribution in [2.24, 2.45) is 0 Å². The predicted molar refractivity (Wildman–Crippen MR) is 94.3 cm³/mol. The minimum atomic E-state index is -0.680. The molecule has 0 aromatic heterocycles. The highest BCUT2D eigenvalue weighted by Crippen LogP contribution is 2.32. The van der Waals surface area contributed by atoms with Crippen molar-refractivity contribution >= 4 is 22.5 Å². The number of nitrogens with one attached hydrogen (secondary N) is 1. The Hall–Kier alpha value is -2.92. The fraction of sp³-hybridized carbons (Fsp3) is 0.0556. The monoisotopic (exact) mass is 337 g/mol. The first-order valence-corrected chi connectivity index (χ1v) is 7.74. The van der Waals surface area contributed by atoms with E-state index in [4.69, 9.17) is 11.6 Å². The lowest BCUT2D eigenvalue weighted by molar-refractivity contribution is 0.959. The first-order valence-electron chi connectivity index (χ1n) is 7.36. The molecule has 0 saturated carbocycles. The minimum Gasteiger partial charge on any atom is -0.292 e. The molecule has 0 radical (unpaired) electrons. The summed E-state index contributed by atoms with van der Waals surface area (Å²) in [4.78, 5) is 30.2. The maximum Gasteiger partial charge on any atom is 0.349 e. The zero-order valence-electron chi connectivity index (χ0n) is 12.7. The van der Waals surface area contributed by atoms with Crippen LogP contribution in [0.1, 0.15) is 5.56 Å². The molecule has 2 aromatic carbocycles. The van der Waals surface area contributed by atoms with Crippen molar-refractivity contribution in [2.75, 3.05) is 0 Å². The van der Waals surface area contributed by atoms with E-state index in [-0.39, 0.29) is 5.82 Å². The second kappa shape index (κ2) is 5.32. The van der Waals surface area contributed by atoms with Gasteiger partial charge in [0.05, 0.1) is 16.1 Å². The number of fused-ring (bicyclic) bond motifs is 2. The number of hydrogen-bond acceptors (Lipinski definition) is 3. The Labute approximate surface area is 141 Å². The second-order valence-electron chi connectivity index (χ2n) is 5.60. The molecule has 0 aliphatic carbocycles. The molecule has 0 fully saturated rings. The van der Waals surface area contributed by atoms with Crippen LogP contribution in [-0.2, 0) is 0 Å². The molecule has 24 heavy (non-hydrogen) atoms. The van der Waals surface area contributed by atoms with E-state index >= 15 is 0 Å². The summed E-state index contributed by atoms with van der Waals surface area (Å²) in [7, 11) is 0. The van der Waals surface area contributed by atoms with Crippen LogP contribution in [0.25, 0.3) is 28.0 Å². The zero-order chi connectivity index (χ0) is 16.8. The molecule has 2 aliphatic rings. The van der Waals surface area contributed by atoms with Gasteiger partial charge in [-0.25, -0.2) is 4.79 Å². The van der Waals surface area contributed by atoms with Crippen molar-refractivity contribution in [1.29, 1.82) is 0 Å². The van der Waals surface area contributed by atoms with E-state index in [0.29, 0.717) is 16.1 Å². The Bertz CT molecular complexity index is 1180. The number of benzene rings is 2. The molecule has 1 N–H and O–H groups in total. The summed E-state index contributed by atoms with van der Waals surface area (Å²) in [6.07, 6.45) is 0. The van der Waals surface area contributed by atoms with Gasteiger partial charge in [0.25, 0.3) is 5.56 Å². The third-order valence-electron chi connectivity index (χ3n) is 3.93. The van der Waals surface area contributed by atoms with Crippen molar-refractivity contribution in [3.8, 4) is 17.1 Å². The fourth-order valence-electron chi connectivity index (χ4n) is 2.92. The quantitative estimate of drug-likeness (QED) is 0.542. The summed E-state index contributed by atoms with van der Waals surface area (Å²) in [5, 5.41) is 1.31. The van der Waals surface area contributed by atoms with Gasteiger partial charge in [0.15, 0.2) is 5.82 Å². The smallest absolute Gasteiger partial charge is 0.292 e. The Morgan fingerprint density at radius 1 is 1.08 bits per heavy atom. The summed E-state index contributed by atoms with van der Waals surface area (Å²) in [6.45, 7) is 1.97. The number of aromatic amines is 1. The van der Waals surface area contributed by atoms with Gasteiger partial charge in [0.1, 0.15) is 0 Å². The number of H-pyrrole nitrogens is 1. The van der Waals surface area contributed by atoms with Gasteiger partial charge in [-0.05, 0) is 36.8 Å². The number of nitrogens with zero attached hydrogens (tertiary/aromatic N) is 2. The molecule has 5 nitrogen and oxygen atoms in total. The predicted octanol–water partition coefficient (Wildman–Crippen LogP) is 3.14. The van der Waals surface area contributed by atoms with Crippen LogP contribution in [-0.4, -0.2) is 14.5 Å². The lowest BCUT2D eigenvalue weighted by Crippen LogP contribution is -2.27. The molecule has 0 spiro atoms. The van der Waals surface area contributed by atoms with E-state index in [9.17, 15) is 9.59 Å². The van der Waals surface area contributed by atoms with E-state index in [1.54, 1.807) is 16.7 Å². The fourth-order valence-corrected chi connectivity index (χ4v) is 3.18. The first kappa shape index (κ1) is 14.7. The van der Waals surface area contributed by atoms with Crippen molar-refractivity contribution in [1.82, 2.24) is 14.5 Å². The number of para-hydroxylation sites is 1. The molecular weight excluding hydrogens is 326 g/mol. The topological polar surface area (TPSA) is 67.8 Å². The summed E-state index contributed by atoms with van der Waals surface area (Å²) >= 11 is 6.42. The normalized spacial score (nSPS) is 11.2. The molecule has 4 rings (SSSR count). The van der Waals surface area contributed by atoms with Gasteiger partial charge in [0.2, 0.25) is 0 Å². The Morgan fingerprint density at radius 3 is 2.67 bits per heavy atom. The van der Waals surface area contributed by atoms with Gasteiger partial charge in [-0.15, -0.1) is 0 Å². The average molecular weight is 338 g/mol. The van der Waals surface area contributed by atoms with Crippen LogP contribution in [0.4, 0.5) is 0 Å². The minimum absolute atomic E-state index is 0.287. The SMILES string of the molecule is Cc1cccc(-n2c3nc(=O)[nH]c(=O)c-3cc3cccc(Cl)c32)c1. The molecule has 0 unspecified atom stereocenters. The summed E-state index contributed by atoms with van der Waals surface area (Å²) in [6, 6.07) is 14.9. The highest BCUT2D eigenvalue weighted by atomic mass is 35.5. The molecule has 0 saturated heterocycles. The summed E-state index contributed by atoms with van der Waals surface area (Å²) in [5.74, 6) is 0.287. The number of hydrogen-bond donors (Lipinski definition) is 1. The maximum atomic E-state index is 12.2. The number of aromatic nitrogens is 3. The molecule has 2 aromatic rings. The summed E-state index contributed by atoms with van der Waals surface area (Å²) < 4.78 is 1.76. The highest BCUT2D eigenvalue weighted by molar-refractivity contribution is 6.35. The molecular formula is C18H12ClN3O2. The van der Waals surface area contributed by atoms with Crippen molar-refractivity contribution < 1.29 is 0 Å². The molecule has 118 valence electrons. The third kappa shape index (κ3) is 2.21. The second-order valence-corrected chi connectivity index (χ2v) is 6.01. The Morgan fingerprint density at radius 2 is 1.88 bits per heavy atom. The largest absolute Gasteiger partial charge is 0.349 e. The van der Waals surface area contributed by atoms with E-state index in [1.165, 1.54) is 0 Å². The van der Waals surface area contributed by atoms with Crippen LogP contribution >= 0.6 is 11.6 Å². The van der Waals surface area contributed by atoms with Crippen molar-refractivity contribution in [3.05, 3.63) is 80.0 Å². The van der Waals surface area contributed by atoms with Crippen LogP contribution in [0.15, 0.2) is 58.1 Å². The molecule has 2 heterocycles. The van der Waals surface area contributed by atoms with Crippen molar-refractivity contribution in [3.63, 3.8) is 0 Å². The molecule has 6 heteroatoms. The summed E-state index contributed by atoms with van der Waals surface area (Å²) in [5.41, 5.74) is 1.73. The number of aryl methyl sites for hydroxylation is 1. The standard InChI is InChI=1S/C18H12ClN3O2/c1-10-4-2-6-12(8-10)22-15-11(5-3-7-14(15)19)9-13-16(22)20-18(24)21-17(13)23/h2-9H,1H3,(H,21,23,24). The van der Waals surface area contributed by atoms with Gasteiger partial charge in [-0.1, -0.05) is 35.9 Å². The zero-order valence-corrected chi connectivity index (χ0v) is 13.5. The van der Waals surface area contributed by atoms with E-state index in [2.05, 4.69) is 9.97 Å². The van der Waals surface area contributed by atoms with Crippen LogP contribution in [0.2, 0.25) is 5.02 Å². The van der Waals surface area contributed by atoms with Crippen LogP contribution in [0, 0.1) is 6.92 Å². The molecule has 0 amide bonds. The Balaban J connectivity index is 2.30. The maximum absolute atomic E-state index is 12.2. The van der Waals surface area contributed by atoms with Crippen LogP contribution in [0.5, 0.6) is 0 Å².